The fourth-order valence-corrected chi connectivity index (χ4v) is 3.08. The molecule has 0 unspecified atom stereocenters. The first kappa shape index (κ1) is 19.9. The van der Waals surface area contributed by atoms with E-state index in [9.17, 15) is 9.59 Å². The zero-order valence-corrected chi connectivity index (χ0v) is 16.5. The van der Waals surface area contributed by atoms with E-state index in [1.807, 2.05) is 12.1 Å². The number of anilines is 1. The number of amides is 2. The van der Waals surface area contributed by atoms with Crippen molar-refractivity contribution in [3.05, 3.63) is 71.8 Å². The number of amidine groups is 1. The second-order valence-corrected chi connectivity index (χ2v) is 6.95. The Morgan fingerprint density at radius 3 is 2.55 bits per heavy atom. The molecule has 0 saturated carbocycles. The number of hydrogen-bond acceptors (Lipinski definition) is 4. The predicted octanol–water partition coefficient (Wildman–Crippen LogP) is 2.87. The van der Waals surface area contributed by atoms with Crippen LogP contribution >= 0.6 is 0 Å². The molecule has 0 spiro atoms. The van der Waals surface area contributed by atoms with Gasteiger partial charge in [-0.05, 0) is 42.5 Å². The van der Waals surface area contributed by atoms with Gasteiger partial charge in [0.1, 0.15) is 5.82 Å². The normalized spacial score (nSPS) is 10.7. The van der Waals surface area contributed by atoms with Crippen molar-refractivity contribution < 1.29 is 9.59 Å². The first-order valence-electron chi connectivity index (χ1n) is 9.66. The van der Waals surface area contributed by atoms with Gasteiger partial charge in [0.15, 0.2) is 5.82 Å². The van der Waals surface area contributed by atoms with Crippen LogP contribution in [-0.4, -0.2) is 39.1 Å². The van der Waals surface area contributed by atoms with Crippen molar-refractivity contribution >= 4 is 34.5 Å². The number of H-pyrrole nitrogens is 2. The monoisotopic (exact) mass is 415 g/mol. The molecular weight excluding hydrogens is 394 g/mol. The molecule has 0 aliphatic carbocycles. The van der Waals surface area contributed by atoms with Gasteiger partial charge in [-0.2, -0.15) is 0 Å². The summed E-state index contributed by atoms with van der Waals surface area (Å²) >= 11 is 0. The number of carbonyl (C=O) groups excluding carboxylic acids is 2. The van der Waals surface area contributed by atoms with Crippen molar-refractivity contribution in [2.45, 2.75) is 6.42 Å². The molecule has 4 aromatic rings. The van der Waals surface area contributed by atoms with Crippen molar-refractivity contribution in [3.63, 3.8) is 0 Å². The summed E-state index contributed by atoms with van der Waals surface area (Å²) in [5.74, 6) is 0.711. The molecule has 2 aromatic heterocycles. The summed E-state index contributed by atoms with van der Waals surface area (Å²) < 4.78 is 0. The molecule has 0 fully saturated rings. The Morgan fingerprint density at radius 2 is 1.77 bits per heavy atom. The number of nitrogens with two attached hydrogens (primary N) is 1. The average molecular weight is 415 g/mol. The smallest absolute Gasteiger partial charge is 0.256 e. The third kappa shape index (κ3) is 4.61. The number of aromatic amines is 2. The lowest BCUT2D eigenvalue weighted by molar-refractivity contribution is 0.0954. The van der Waals surface area contributed by atoms with Crippen LogP contribution in [0.3, 0.4) is 0 Å². The number of rotatable bonds is 7. The van der Waals surface area contributed by atoms with Gasteiger partial charge in [0.05, 0.1) is 22.6 Å². The Kier molecular flexibility index (Phi) is 5.48. The minimum Gasteiger partial charge on any atom is -0.388 e. The SMILES string of the molecule is N=C(N)CCNC(=O)c1ccc2nc(-c3ccc(NC(=O)c4ccccc4)[nH]3)[nH]c2c1. The third-order valence-electron chi connectivity index (χ3n) is 4.65. The molecule has 4 rings (SSSR count). The lowest BCUT2D eigenvalue weighted by Gasteiger charge is -2.04. The first-order valence-corrected chi connectivity index (χ1v) is 9.66. The number of benzene rings is 2. The van der Waals surface area contributed by atoms with Crippen LogP contribution in [0, 0.1) is 5.41 Å². The van der Waals surface area contributed by atoms with E-state index in [0.717, 1.165) is 0 Å². The van der Waals surface area contributed by atoms with Gasteiger partial charge in [-0.3, -0.25) is 15.0 Å². The zero-order valence-electron chi connectivity index (χ0n) is 16.5. The number of fused-ring (bicyclic) bond motifs is 1. The number of aromatic nitrogens is 3. The molecule has 0 saturated heterocycles. The molecule has 0 aliphatic rings. The van der Waals surface area contributed by atoms with Gasteiger partial charge in [-0.25, -0.2) is 4.98 Å². The maximum Gasteiger partial charge on any atom is 0.256 e. The van der Waals surface area contributed by atoms with Crippen LogP contribution in [0.1, 0.15) is 27.1 Å². The summed E-state index contributed by atoms with van der Waals surface area (Å²) in [7, 11) is 0. The number of hydrogen-bond donors (Lipinski definition) is 6. The zero-order chi connectivity index (χ0) is 21.8. The van der Waals surface area contributed by atoms with Crippen LogP contribution in [-0.2, 0) is 0 Å². The lowest BCUT2D eigenvalue weighted by atomic mass is 10.2. The molecule has 0 radical (unpaired) electrons. The molecule has 9 nitrogen and oxygen atoms in total. The number of carbonyl (C=O) groups is 2. The van der Waals surface area contributed by atoms with Gasteiger partial charge in [0.2, 0.25) is 0 Å². The van der Waals surface area contributed by atoms with Crippen LogP contribution in [0.5, 0.6) is 0 Å². The standard InChI is InChI=1S/C22H21N7O2/c23-18(24)10-11-25-21(30)14-6-7-15-17(12-14)28-20(27-15)16-8-9-19(26-16)29-22(31)13-4-2-1-3-5-13/h1-9,12,26H,10-11H2,(H3,23,24)(H,25,30)(H,27,28)(H,29,31). The topological polar surface area (TPSA) is 153 Å². The van der Waals surface area contributed by atoms with E-state index >= 15 is 0 Å². The Labute approximate surface area is 177 Å². The molecule has 0 aliphatic heterocycles. The molecule has 0 atom stereocenters. The quantitative estimate of drug-likeness (QED) is 0.203. The molecule has 0 bridgehead atoms. The molecule has 31 heavy (non-hydrogen) atoms. The van der Waals surface area contributed by atoms with Gasteiger partial charge in [-0.15, -0.1) is 0 Å². The molecular formula is C22H21N7O2. The fraction of sp³-hybridized carbons (Fsp3) is 0.0909. The molecule has 2 aromatic carbocycles. The van der Waals surface area contributed by atoms with Crippen molar-refractivity contribution in [1.82, 2.24) is 20.3 Å². The Bertz CT molecular complexity index is 1260. The van der Waals surface area contributed by atoms with E-state index in [0.29, 0.717) is 52.5 Å². The van der Waals surface area contributed by atoms with Gasteiger partial charge < -0.3 is 26.3 Å². The molecule has 7 N–H and O–H groups in total. The Morgan fingerprint density at radius 1 is 0.968 bits per heavy atom. The summed E-state index contributed by atoms with van der Waals surface area (Å²) in [4.78, 5) is 35.4. The third-order valence-corrected chi connectivity index (χ3v) is 4.65. The van der Waals surface area contributed by atoms with E-state index in [1.54, 1.807) is 48.5 Å². The van der Waals surface area contributed by atoms with Gasteiger partial charge >= 0.3 is 0 Å². The summed E-state index contributed by atoms with van der Waals surface area (Å²) in [6.07, 6.45) is 0.304. The molecule has 156 valence electrons. The average Bonchev–Trinajstić information content (AvgIpc) is 3.40. The number of nitrogens with one attached hydrogen (secondary N) is 5. The van der Waals surface area contributed by atoms with Crippen LogP contribution in [0.15, 0.2) is 60.7 Å². The van der Waals surface area contributed by atoms with Crippen LogP contribution < -0.4 is 16.4 Å². The minimum absolute atomic E-state index is 0.0271. The highest BCUT2D eigenvalue weighted by Gasteiger charge is 2.12. The van der Waals surface area contributed by atoms with Crippen LogP contribution in [0.2, 0.25) is 0 Å². The highest BCUT2D eigenvalue weighted by atomic mass is 16.2. The van der Waals surface area contributed by atoms with Crippen molar-refractivity contribution in [1.29, 1.82) is 5.41 Å². The second kappa shape index (κ2) is 8.54. The number of imidazole rings is 1. The molecule has 2 heterocycles. The molecule has 2 amide bonds. The maximum atomic E-state index is 12.3. The van der Waals surface area contributed by atoms with Gasteiger partial charge in [0, 0.05) is 24.1 Å². The Hall–Kier alpha value is -4.40. The van der Waals surface area contributed by atoms with E-state index in [1.165, 1.54) is 0 Å². The van der Waals surface area contributed by atoms with E-state index in [4.69, 9.17) is 11.1 Å². The summed E-state index contributed by atoms with van der Waals surface area (Å²) in [5, 5.41) is 12.8. The highest BCUT2D eigenvalue weighted by molar-refractivity contribution is 6.04. The highest BCUT2D eigenvalue weighted by Crippen LogP contribution is 2.22. The van der Waals surface area contributed by atoms with E-state index < -0.39 is 0 Å². The van der Waals surface area contributed by atoms with Crippen molar-refractivity contribution in [3.8, 4) is 11.5 Å². The first-order chi connectivity index (χ1) is 15.0. The Balaban J connectivity index is 1.48. The lowest BCUT2D eigenvalue weighted by Crippen LogP contribution is -2.27. The predicted molar refractivity (Wildman–Crippen MR) is 119 cm³/mol. The summed E-state index contributed by atoms with van der Waals surface area (Å²) in [6.45, 7) is 0.306. The van der Waals surface area contributed by atoms with Crippen molar-refractivity contribution in [2.75, 3.05) is 11.9 Å². The fourth-order valence-electron chi connectivity index (χ4n) is 3.08. The van der Waals surface area contributed by atoms with Gasteiger partial charge in [0.25, 0.3) is 11.8 Å². The van der Waals surface area contributed by atoms with Gasteiger partial charge in [-0.1, -0.05) is 18.2 Å². The van der Waals surface area contributed by atoms with E-state index in [-0.39, 0.29) is 17.6 Å². The summed E-state index contributed by atoms with van der Waals surface area (Å²) in [6, 6.07) is 17.7. The molecule has 9 heteroatoms. The largest absolute Gasteiger partial charge is 0.388 e. The second-order valence-electron chi connectivity index (χ2n) is 6.95. The summed E-state index contributed by atoms with van der Waals surface area (Å²) in [5.41, 5.74) is 8.46. The minimum atomic E-state index is -0.245. The van der Waals surface area contributed by atoms with Crippen molar-refractivity contribution in [2.24, 2.45) is 5.73 Å². The maximum absolute atomic E-state index is 12.3. The number of nitrogens with zero attached hydrogens (tertiary/aromatic N) is 1. The van der Waals surface area contributed by atoms with E-state index in [2.05, 4.69) is 25.6 Å². The van der Waals surface area contributed by atoms with Crippen LogP contribution in [0.4, 0.5) is 5.82 Å². The van der Waals surface area contributed by atoms with Crippen LogP contribution in [0.25, 0.3) is 22.6 Å².